The first-order valence-electron chi connectivity index (χ1n) is 12.0. The summed E-state index contributed by atoms with van der Waals surface area (Å²) in [7, 11) is 0. The number of amides is 1. The van der Waals surface area contributed by atoms with Crippen LogP contribution in [0.3, 0.4) is 0 Å². The lowest BCUT2D eigenvalue weighted by atomic mass is 9.87. The van der Waals surface area contributed by atoms with E-state index in [0.717, 1.165) is 50.3 Å². The van der Waals surface area contributed by atoms with Crippen LogP contribution in [-0.4, -0.2) is 71.8 Å². The Balaban J connectivity index is 1.21. The highest BCUT2D eigenvalue weighted by molar-refractivity contribution is 5.87. The number of ether oxygens (including phenoxy) is 1. The molecule has 1 amide bonds. The van der Waals surface area contributed by atoms with E-state index in [1.54, 1.807) is 0 Å². The SMILES string of the molecule is CC1(C(=O)NC(CCN(CCCCc2ccc3c(n2)NCCC3)C2CC2)C(=O)O)COC1. The van der Waals surface area contributed by atoms with Gasteiger partial charge in [0.25, 0.3) is 0 Å². The summed E-state index contributed by atoms with van der Waals surface area (Å²) < 4.78 is 5.13. The molecule has 0 radical (unpaired) electrons. The Kier molecular flexibility index (Phi) is 7.30. The Morgan fingerprint density at radius 3 is 2.81 bits per heavy atom. The smallest absolute Gasteiger partial charge is 0.326 e. The number of hydrogen-bond donors (Lipinski definition) is 3. The van der Waals surface area contributed by atoms with E-state index in [4.69, 9.17) is 9.72 Å². The molecule has 8 nitrogen and oxygen atoms in total. The Labute approximate surface area is 190 Å². The highest BCUT2D eigenvalue weighted by Crippen LogP contribution is 2.29. The molecule has 32 heavy (non-hydrogen) atoms. The number of carbonyl (C=O) groups is 2. The molecule has 0 bridgehead atoms. The Bertz CT molecular complexity index is 822. The van der Waals surface area contributed by atoms with Crippen LogP contribution in [0.15, 0.2) is 12.1 Å². The van der Waals surface area contributed by atoms with Gasteiger partial charge in [0.2, 0.25) is 5.91 Å². The molecule has 1 saturated carbocycles. The van der Waals surface area contributed by atoms with Crippen molar-refractivity contribution in [1.29, 1.82) is 0 Å². The first-order chi connectivity index (χ1) is 15.4. The second-order valence-corrected chi connectivity index (χ2v) is 9.77. The largest absolute Gasteiger partial charge is 0.480 e. The van der Waals surface area contributed by atoms with Crippen LogP contribution in [0.1, 0.15) is 56.7 Å². The van der Waals surface area contributed by atoms with Gasteiger partial charge in [-0.15, -0.1) is 0 Å². The van der Waals surface area contributed by atoms with Crippen LogP contribution in [0.5, 0.6) is 0 Å². The maximum absolute atomic E-state index is 12.4. The number of carbonyl (C=O) groups excluding carboxylic acids is 1. The van der Waals surface area contributed by atoms with Crippen LogP contribution < -0.4 is 10.6 Å². The number of anilines is 1. The van der Waals surface area contributed by atoms with E-state index in [2.05, 4.69) is 27.7 Å². The molecular formula is C24H36N4O4. The molecule has 1 aromatic rings. The summed E-state index contributed by atoms with van der Waals surface area (Å²) in [5, 5.41) is 15.7. The van der Waals surface area contributed by atoms with E-state index in [9.17, 15) is 14.7 Å². The lowest BCUT2D eigenvalue weighted by Crippen LogP contribution is -2.56. The molecule has 0 aromatic carbocycles. The number of nitrogens with one attached hydrogen (secondary N) is 2. The van der Waals surface area contributed by atoms with Gasteiger partial charge in [-0.2, -0.15) is 0 Å². The van der Waals surface area contributed by atoms with Crippen molar-refractivity contribution in [2.75, 3.05) is 38.2 Å². The first-order valence-corrected chi connectivity index (χ1v) is 12.0. The standard InChI is InChI=1S/C24H36N4O4/c1-24(15-32-16-24)23(31)27-20(22(29)30)11-14-28(19-9-10-19)13-3-2-6-18-8-7-17-5-4-12-25-21(17)26-18/h7-8,19-20H,2-6,9-16H2,1H3,(H,25,26)(H,27,31)(H,29,30). The number of carboxylic acids is 1. The predicted octanol–water partition coefficient (Wildman–Crippen LogP) is 2.22. The van der Waals surface area contributed by atoms with Crippen molar-refractivity contribution in [3.8, 4) is 0 Å². The molecule has 2 aliphatic heterocycles. The molecule has 0 spiro atoms. The number of aromatic nitrogens is 1. The van der Waals surface area contributed by atoms with Gasteiger partial charge in [0, 0.05) is 24.8 Å². The van der Waals surface area contributed by atoms with Crippen molar-refractivity contribution in [3.05, 3.63) is 23.4 Å². The summed E-state index contributed by atoms with van der Waals surface area (Å²) >= 11 is 0. The number of aliphatic carboxylic acids is 1. The Hall–Kier alpha value is -2.19. The summed E-state index contributed by atoms with van der Waals surface area (Å²) in [5.41, 5.74) is 1.86. The number of aryl methyl sites for hydroxylation is 2. The number of pyridine rings is 1. The number of fused-ring (bicyclic) bond motifs is 1. The zero-order valence-electron chi connectivity index (χ0n) is 19.1. The van der Waals surface area contributed by atoms with E-state index in [-0.39, 0.29) is 5.91 Å². The quantitative estimate of drug-likeness (QED) is 0.425. The monoisotopic (exact) mass is 444 g/mol. The molecule has 1 saturated heterocycles. The lowest BCUT2D eigenvalue weighted by molar-refractivity contribution is -0.161. The summed E-state index contributed by atoms with van der Waals surface area (Å²) in [5.74, 6) is -0.136. The van der Waals surface area contributed by atoms with Crippen molar-refractivity contribution < 1.29 is 19.4 Å². The highest BCUT2D eigenvalue weighted by atomic mass is 16.5. The lowest BCUT2D eigenvalue weighted by Gasteiger charge is -2.37. The average Bonchev–Trinajstić information content (AvgIpc) is 3.60. The fraction of sp³-hybridized carbons (Fsp3) is 0.708. The molecule has 1 unspecified atom stereocenters. The zero-order valence-corrected chi connectivity index (χ0v) is 19.1. The van der Waals surface area contributed by atoms with Crippen molar-refractivity contribution in [1.82, 2.24) is 15.2 Å². The van der Waals surface area contributed by atoms with Crippen LogP contribution >= 0.6 is 0 Å². The summed E-state index contributed by atoms with van der Waals surface area (Å²) in [4.78, 5) is 31.3. The molecule has 3 heterocycles. The minimum atomic E-state index is -0.968. The van der Waals surface area contributed by atoms with Gasteiger partial charge in [0.1, 0.15) is 11.9 Å². The van der Waals surface area contributed by atoms with Crippen LogP contribution in [-0.2, 0) is 27.2 Å². The Morgan fingerprint density at radius 1 is 1.31 bits per heavy atom. The van der Waals surface area contributed by atoms with E-state index in [0.29, 0.717) is 32.2 Å². The number of unbranched alkanes of at least 4 members (excludes halogenated alkanes) is 1. The van der Waals surface area contributed by atoms with Gasteiger partial charge >= 0.3 is 5.97 Å². The highest BCUT2D eigenvalue weighted by Gasteiger charge is 2.42. The first kappa shape index (κ1) is 23.0. The minimum absolute atomic E-state index is 0.221. The van der Waals surface area contributed by atoms with Crippen LogP contribution in [0.4, 0.5) is 5.82 Å². The third-order valence-electron chi connectivity index (χ3n) is 6.84. The maximum atomic E-state index is 12.4. The van der Waals surface area contributed by atoms with Gasteiger partial charge in [-0.05, 0) is 76.5 Å². The van der Waals surface area contributed by atoms with E-state index >= 15 is 0 Å². The number of nitrogens with zero attached hydrogens (tertiary/aromatic N) is 2. The molecule has 3 N–H and O–H groups in total. The van der Waals surface area contributed by atoms with Crippen molar-refractivity contribution in [3.63, 3.8) is 0 Å². The molecule has 1 atom stereocenters. The minimum Gasteiger partial charge on any atom is -0.480 e. The van der Waals surface area contributed by atoms with E-state index < -0.39 is 17.4 Å². The Morgan fingerprint density at radius 2 is 2.12 bits per heavy atom. The van der Waals surface area contributed by atoms with Crippen molar-refractivity contribution in [2.24, 2.45) is 5.41 Å². The van der Waals surface area contributed by atoms with Crippen molar-refractivity contribution >= 4 is 17.7 Å². The third-order valence-corrected chi connectivity index (χ3v) is 6.84. The van der Waals surface area contributed by atoms with Gasteiger partial charge in [-0.1, -0.05) is 6.07 Å². The molecular weight excluding hydrogens is 408 g/mol. The molecule has 8 heteroatoms. The number of carboxylic acid groups (broad SMARTS) is 1. The summed E-state index contributed by atoms with van der Waals surface area (Å²) in [6, 6.07) is 4.06. The van der Waals surface area contributed by atoms with Crippen molar-refractivity contribution in [2.45, 2.75) is 70.4 Å². The second-order valence-electron chi connectivity index (χ2n) is 9.77. The van der Waals surface area contributed by atoms with Crippen LogP contribution in [0, 0.1) is 5.41 Å². The average molecular weight is 445 g/mol. The van der Waals surface area contributed by atoms with Gasteiger partial charge in [-0.3, -0.25) is 4.79 Å². The fourth-order valence-electron chi connectivity index (χ4n) is 4.47. The maximum Gasteiger partial charge on any atom is 0.326 e. The number of hydrogen-bond acceptors (Lipinski definition) is 6. The number of rotatable bonds is 12. The zero-order chi connectivity index (χ0) is 22.6. The molecule has 1 aliphatic carbocycles. The summed E-state index contributed by atoms with van der Waals surface area (Å²) in [6.07, 6.45) is 8.14. The molecule has 4 rings (SSSR count). The van der Waals surface area contributed by atoms with Crippen LogP contribution in [0.25, 0.3) is 0 Å². The molecule has 1 aromatic heterocycles. The molecule has 176 valence electrons. The van der Waals surface area contributed by atoms with Gasteiger partial charge in [0.05, 0.1) is 18.6 Å². The fourth-order valence-corrected chi connectivity index (χ4v) is 4.47. The predicted molar refractivity (Wildman–Crippen MR) is 122 cm³/mol. The van der Waals surface area contributed by atoms with Crippen LogP contribution in [0.2, 0.25) is 0 Å². The van der Waals surface area contributed by atoms with E-state index in [1.165, 1.54) is 24.8 Å². The normalized spacial score (nSPS) is 20.1. The second kappa shape index (κ2) is 10.2. The summed E-state index contributed by atoms with van der Waals surface area (Å²) in [6.45, 7) is 5.18. The molecule has 3 aliphatic rings. The molecule has 2 fully saturated rings. The topological polar surface area (TPSA) is 104 Å². The van der Waals surface area contributed by atoms with Gasteiger partial charge in [-0.25, -0.2) is 9.78 Å². The van der Waals surface area contributed by atoms with Gasteiger partial charge in [0.15, 0.2) is 0 Å². The van der Waals surface area contributed by atoms with Gasteiger partial charge < -0.3 is 25.4 Å². The van der Waals surface area contributed by atoms with E-state index in [1.807, 2.05) is 6.92 Å². The third kappa shape index (κ3) is 5.78.